The zero-order valence-corrected chi connectivity index (χ0v) is 15.5. The van der Waals surface area contributed by atoms with Gasteiger partial charge in [0.2, 0.25) is 10.0 Å². The summed E-state index contributed by atoms with van der Waals surface area (Å²) in [5, 5.41) is 7.18. The first kappa shape index (κ1) is 17.8. The third-order valence-corrected chi connectivity index (χ3v) is 5.74. The Balaban J connectivity index is 1.66. The average molecular weight is 365 g/mol. The van der Waals surface area contributed by atoms with Gasteiger partial charge in [-0.1, -0.05) is 0 Å². The fraction of sp³-hybridized carbons (Fsp3) is 0.562. The number of nitrogens with one attached hydrogen (secondary N) is 1. The molecule has 0 unspecified atom stereocenters. The van der Waals surface area contributed by atoms with Gasteiger partial charge in [-0.05, 0) is 38.7 Å². The van der Waals surface area contributed by atoms with Gasteiger partial charge in [-0.25, -0.2) is 22.2 Å². The van der Waals surface area contributed by atoms with Gasteiger partial charge in [0.1, 0.15) is 0 Å². The monoisotopic (exact) mass is 365 g/mol. The van der Waals surface area contributed by atoms with E-state index in [0.717, 1.165) is 24.2 Å². The van der Waals surface area contributed by atoms with Crippen molar-refractivity contribution in [3.8, 4) is 0 Å². The minimum absolute atomic E-state index is 0.117. The Hall–Kier alpha value is -2.00. The number of amides is 1. The van der Waals surface area contributed by atoms with E-state index in [1.54, 1.807) is 10.6 Å². The summed E-state index contributed by atoms with van der Waals surface area (Å²) < 4.78 is 26.5. The van der Waals surface area contributed by atoms with E-state index in [-0.39, 0.29) is 11.8 Å². The summed E-state index contributed by atoms with van der Waals surface area (Å²) >= 11 is 0. The van der Waals surface area contributed by atoms with E-state index in [4.69, 9.17) is 0 Å². The Labute approximate surface area is 147 Å². The van der Waals surface area contributed by atoms with Crippen LogP contribution in [-0.4, -0.2) is 59.1 Å². The molecule has 0 saturated carbocycles. The molecule has 0 spiro atoms. The van der Waals surface area contributed by atoms with Crippen molar-refractivity contribution < 1.29 is 13.2 Å². The van der Waals surface area contributed by atoms with Crippen LogP contribution in [0, 0.1) is 19.8 Å². The fourth-order valence-corrected chi connectivity index (χ4v) is 4.16. The molecule has 0 radical (unpaired) electrons. The predicted molar refractivity (Wildman–Crippen MR) is 93.9 cm³/mol. The van der Waals surface area contributed by atoms with E-state index >= 15 is 0 Å². The lowest BCUT2D eigenvalue weighted by Gasteiger charge is -2.30. The SMILES string of the molecule is Cc1cc(C)n2nc(C(=O)NC[C@@H]3CCCN(S(C)(=O)=O)C3)cc2n1. The standard InChI is InChI=1S/C16H23N5O3S/c1-11-7-12(2)21-15(18-11)8-14(19-21)16(22)17-9-13-5-4-6-20(10-13)25(3,23)24/h7-8,13H,4-6,9-10H2,1-3H3,(H,17,22)/t13-/m0/s1. The second-order valence-corrected chi connectivity index (χ2v) is 8.66. The highest BCUT2D eigenvalue weighted by Crippen LogP contribution is 2.18. The zero-order chi connectivity index (χ0) is 18.2. The zero-order valence-electron chi connectivity index (χ0n) is 14.7. The minimum atomic E-state index is -3.18. The van der Waals surface area contributed by atoms with Crippen molar-refractivity contribution in [2.24, 2.45) is 5.92 Å². The van der Waals surface area contributed by atoms with Crippen molar-refractivity contribution in [1.82, 2.24) is 24.2 Å². The summed E-state index contributed by atoms with van der Waals surface area (Å²) in [5.74, 6) is -0.148. The van der Waals surface area contributed by atoms with E-state index in [9.17, 15) is 13.2 Å². The number of sulfonamides is 1. The second-order valence-electron chi connectivity index (χ2n) is 6.68. The van der Waals surface area contributed by atoms with Crippen molar-refractivity contribution >= 4 is 21.6 Å². The Bertz CT molecular complexity index is 906. The number of hydrogen-bond acceptors (Lipinski definition) is 5. The third kappa shape index (κ3) is 3.98. The Morgan fingerprint density at radius 1 is 1.36 bits per heavy atom. The highest BCUT2D eigenvalue weighted by atomic mass is 32.2. The van der Waals surface area contributed by atoms with Crippen LogP contribution in [0.25, 0.3) is 5.65 Å². The number of carbonyl (C=O) groups excluding carboxylic acids is 1. The molecule has 1 saturated heterocycles. The van der Waals surface area contributed by atoms with Crippen LogP contribution in [0.2, 0.25) is 0 Å². The number of piperidine rings is 1. The van der Waals surface area contributed by atoms with Gasteiger partial charge in [0.15, 0.2) is 11.3 Å². The van der Waals surface area contributed by atoms with Crippen molar-refractivity contribution in [2.45, 2.75) is 26.7 Å². The van der Waals surface area contributed by atoms with E-state index in [2.05, 4.69) is 15.4 Å². The average Bonchev–Trinajstić information content (AvgIpc) is 2.96. The van der Waals surface area contributed by atoms with Gasteiger partial charge < -0.3 is 5.32 Å². The van der Waals surface area contributed by atoms with E-state index in [1.165, 1.54) is 10.6 Å². The molecule has 0 bridgehead atoms. The second kappa shape index (κ2) is 6.72. The maximum atomic E-state index is 12.4. The van der Waals surface area contributed by atoms with Crippen molar-refractivity contribution in [3.05, 3.63) is 29.2 Å². The lowest BCUT2D eigenvalue weighted by atomic mass is 10.00. The topological polar surface area (TPSA) is 96.7 Å². The van der Waals surface area contributed by atoms with Crippen LogP contribution in [0.1, 0.15) is 34.7 Å². The number of nitrogens with zero attached hydrogens (tertiary/aromatic N) is 4. The molecular weight excluding hydrogens is 342 g/mol. The van der Waals surface area contributed by atoms with Crippen LogP contribution in [0.4, 0.5) is 0 Å². The molecule has 3 heterocycles. The van der Waals surface area contributed by atoms with Gasteiger partial charge in [-0.2, -0.15) is 5.10 Å². The Morgan fingerprint density at radius 2 is 2.12 bits per heavy atom. The summed E-state index contributed by atoms with van der Waals surface area (Å²) in [7, 11) is -3.18. The van der Waals surface area contributed by atoms with Gasteiger partial charge in [0.25, 0.3) is 5.91 Å². The molecule has 1 fully saturated rings. The first-order valence-electron chi connectivity index (χ1n) is 8.31. The maximum Gasteiger partial charge on any atom is 0.271 e. The number of fused-ring (bicyclic) bond motifs is 1. The molecule has 25 heavy (non-hydrogen) atoms. The first-order valence-corrected chi connectivity index (χ1v) is 10.2. The van der Waals surface area contributed by atoms with Gasteiger partial charge in [0.05, 0.1) is 6.26 Å². The van der Waals surface area contributed by atoms with Gasteiger partial charge in [-0.15, -0.1) is 0 Å². The molecule has 1 aliphatic rings. The largest absolute Gasteiger partial charge is 0.350 e. The molecule has 0 aromatic carbocycles. The molecule has 9 heteroatoms. The molecular formula is C16H23N5O3S. The van der Waals surface area contributed by atoms with Gasteiger partial charge >= 0.3 is 0 Å². The summed E-state index contributed by atoms with van der Waals surface area (Å²) in [5.41, 5.74) is 2.75. The Kier molecular flexibility index (Phi) is 4.79. The van der Waals surface area contributed by atoms with E-state index in [1.807, 2.05) is 19.9 Å². The number of carbonyl (C=O) groups is 1. The van der Waals surface area contributed by atoms with E-state index in [0.29, 0.717) is 31.0 Å². The number of hydrogen-bond donors (Lipinski definition) is 1. The predicted octanol–water partition coefficient (Wildman–Crippen LogP) is 0.748. The highest BCUT2D eigenvalue weighted by molar-refractivity contribution is 7.88. The fourth-order valence-electron chi connectivity index (χ4n) is 3.22. The number of rotatable bonds is 4. The summed E-state index contributed by atoms with van der Waals surface area (Å²) in [6, 6.07) is 3.57. The van der Waals surface area contributed by atoms with Crippen LogP contribution in [0.15, 0.2) is 12.1 Å². The quantitative estimate of drug-likeness (QED) is 0.862. The normalized spacial score (nSPS) is 19.2. The van der Waals surface area contributed by atoms with Crippen LogP contribution in [0.5, 0.6) is 0 Å². The van der Waals surface area contributed by atoms with Crippen molar-refractivity contribution in [1.29, 1.82) is 0 Å². The number of aryl methyl sites for hydroxylation is 2. The Morgan fingerprint density at radius 3 is 2.84 bits per heavy atom. The molecule has 1 N–H and O–H groups in total. The van der Waals surface area contributed by atoms with Gasteiger partial charge in [-0.3, -0.25) is 4.79 Å². The highest BCUT2D eigenvalue weighted by Gasteiger charge is 2.26. The summed E-state index contributed by atoms with van der Waals surface area (Å²) in [6.07, 6.45) is 2.93. The maximum absolute atomic E-state index is 12.4. The molecule has 3 rings (SSSR count). The summed E-state index contributed by atoms with van der Waals surface area (Å²) in [4.78, 5) is 16.8. The molecule has 8 nitrogen and oxygen atoms in total. The van der Waals surface area contributed by atoms with Crippen molar-refractivity contribution in [3.63, 3.8) is 0 Å². The molecule has 0 aliphatic carbocycles. The smallest absolute Gasteiger partial charge is 0.271 e. The van der Waals surface area contributed by atoms with Crippen LogP contribution in [-0.2, 0) is 10.0 Å². The van der Waals surface area contributed by atoms with Crippen LogP contribution >= 0.6 is 0 Å². The summed E-state index contributed by atoms with van der Waals surface area (Å²) in [6.45, 7) is 5.25. The first-order chi connectivity index (χ1) is 11.7. The number of aromatic nitrogens is 3. The molecule has 2 aromatic heterocycles. The molecule has 1 aliphatic heterocycles. The molecule has 1 amide bonds. The molecule has 1 atom stereocenters. The lowest BCUT2D eigenvalue weighted by molar-refractivity contribution is 0.0936. The molecule has 2 aromatic rings. The van der Waals surface area contributed by atoms with Gasteiger partial charge in [0, 0.05) is 37.1 Å². The lowest BCUT2D eigenvalue weighted by Crippen LogP contribution is -2.43. The van der Waals surface area contributed by atoms with Crippen molar-refractivity contribution in [2.75, 3.05) is 25.9 Å². The van der Waals surface area contributed by atoms with E-state index < -0.39 is 10.0 Å². The third-order valence-electron chi connectivity index (χ3n) is 4.47. The minimum Gasteiger partial charge on any atom is -0.350 e. The van der Waals surface area contributed by atoms with Crippen LogP contribution in [0.3, 0.4) is 0 Å². The molecule has 136 valence electrons. The van der Waals surface area contributed by atoms with Crippen LogP contribution < -0.4 is 5.32 Å².